The molecule has 0 unspecified atom stereocenters. The van der Waals surface area contributed by atoms with Gasteiger partial charge in [-0.1, -0.05) is 32.1 Å². The summed E-state index contributed by atoms with van der Waals surface area (Å²) in [6.45, 7) is 10.7. The van der Waals surface area contributed by atoms with Gasteiger partial charge in [0.05, 0.1) is 11.3 Å². The van der Waals surface area contributed by atoms with Crippen molar-refractivity contribution in [3.63, 3.8) is 0 Å². The van der Waals surface area contributed by atoms with Gasteiger partial charge in [0, 0.05) is 0 Å². The van der Waals surface area contributed by atoms with Crippen molar-refractivity contribution in [3.8, 4) is 0 Å². The Morgan fingerprint density at radius 1 is 1.23 bits per heavy atom. The summed E-state index contributed by atoms with van der Waals surface area (Å²) in [5.41, 5.74) is 2.96. The molecule has 0 N–H and O–H groups in total. The molecule has 3 nitrogen and oxygen atoms in total. The van der Waals surface area contributed by atoms with Gasteiger partial charge in [-0.05, 0) is 56.0 Å². The van der Waals surface area contributed by atoms with Crippen LogP contribution < -0.4 is 0 Å². The zero-order valence-electron chi connectivity index (χ0n) is 14.2. The second kappa shape index (κ2) is 9.08. The number of hydrogen-bond acceptors (Lipinski definition) is 3. The monoisotopic (exact) mass is 302 g/mol. The third-order valence-corrected chi connectivity index (χ3v) is 3.30. The summed E-state index contributed by atoms with van der Waals surface area (Å²) >= 11 is 0. The minimum atomic E-state index is -0.308. The Labute approximate surface area is 133 Å². The van der Waals surface area contributed by atoms with Gasteiger partial charge in [-0.3, -0.25) is 0 Å². The van der Waals surface area contributed by atoms with E-state index in [-0.39, 0.29) is 12.6 Å². The molecule has 3 heteroatoms. The number of carbonyl (C=O) groups is 1. The van der Waals surface area contributed by atoms with E-state index < -0.39 is 0 Å². The first-order valence-electron chi connectivity index (χ1n) is 7.65. The maximum absolute atomic E-state index is 12.0. The van der Waals surface area contributed by atoms with Crippen LogP contribution in [0.5, 0.6) is 0 Å². The van der Waals surface area contributed by atoms with Gasteiger partial charge in [-0.15, -0.1) is 0 Å². The highest BCUT2D eigenvalue weighted by Gasteiger charge is 2.10. The molecule has 0 aliphatic heterocycles. The highest BCUT2D eigenvalue weighted by molar-refractivity contribution is 5.89. The van der Waals surface area contributed by atoms with Crippen molar-refractivity contribution in [1.29, 1.82) is 0 Å². The van der Waals surface area contributed by atoms with Gasteiger partial charge in [0.1, 0.15) is 13.2 Å². The van der Waals surface area contributed by atoms with Crippen molar-refractivity contribution >= 4 is 5.97 Å². The molecule has 1 aromatic carbocycles. The van der Waals surface area contributed by atoms with E-state index in [1.807, 2.05) is 57.2 Å². The molecular weight excluding hydrogens is 276 g/mol. The molecule has 0 aromatic heterocycles. The second-order valence-electron chi connectivity index (χ2n) is 5.51. The van der Waals surface area contributed by atoms with Gasteiger partial charge in [0.15, 0.2) is 0 Å². The maximum Gasteiger partial charge on any atom is 0.338 e. The summed E-state index contributed by atoms with van der Waals surface area (Å²) < 4.78 is 10.7. The van der Waals surface area contributed by atoms with Gasteiger partial charge < -0.3 is 9.47 Å². The first kappa shape index (κ1) is 18.0. The first-order chi connectivity index (χ1) is 10.5. The maximum atomic E-state index is 12.0. The van der Waals surface area contributed by atoms with Crippen molar-refractivity contribution < 1.29 is 14.3 Å². The second-order valence-corrected chi connectivity index (χ2v) is 5.51. The van der Waals surface area contributed by atoms with Gasteiger partial charge in [0.25, 0.3) is 0 Å². The standard InChI is InChI=1S/C19H26O3/c1-6-7-8-16(5)21-11-12-22-19(20)17-9-10-18(14(2)3)15(4)13-17/h6-10,13-14H,11-12H2,1-5H3/b7-6-,16-8+. The Morgan fingerprint density at radius 2 is 1.91 bits per heavy atom. The van der Waals surface area contributed by atoms with Crippen LogP contribution in [0.2, 0.25) is 0 Å². The van der Waals surface area contributed by atoms with E-state index in [9.17, 15) is 4.79 Å². The van der Waals surface area contributed by atoms with Gasteiger partial charge in [0.2, 0.25) is 0 Å². The number of rotatable bonds is 7. The number of esters is 1. The van der Waals surface area contributed by atoms with Crippen LogP contribution in [-0.2, 0) is 9.47 Å². The highest BCUT2D eigenvalue weighted by Crippen LogP contribution is 2.20. The Bertz CT molecular complexity index is 554. The summed E-state index contributed by atoms with van der Waals surface area (Å²) in [6.07, 6.45) is 5.70. The van der Waals surface area contributed by atoms with Crippen LogP contribution in [0, 0.1) is 6.92 Å². The quantitative estimate of drug-likeness (QED) is 0.315. The van der Waals surface area contributed by atoms with Gasteiger partial charge in [-0.25, -0.2) is 4.79 Å². The van der Waals surface area contributed by atoms with E-state index in [0.717, 1.165) is 11.3 Å². The van der Waals surface area contributed by atoms with E-state index in [0.29, 0.717) is 18.1 Å². The van der Waals surface area contributed by atoms with E-state index >= 15 is 0 Å². The third-order valence-electron chi connectivity index (χ3n) is 3.30. The molecule has 0 aliphatic carbocycles. The molecule has 0 radical (unpaired) electrons. The van der Waals surface area contributed by atoms with Crippen LogP contribution >= 0.6 is 0 Å². The lowest BCUT2D eigenvalue weighted by Gasteiger charge is -2.11. The Hall–Kier alpha value is -2.03. The lowest BCUT2D eigenvalue weighted by atomic mass is 9.96. The van der Waals surface area contributed by atoms with E-state index in [4.69, 9.17) is 9.47 Å². The molecule has 0 amide bonds. The van der Waals surface area contributed by atoms with Gasteiger partial charge >= 0.3 is 5.97 Å². The van der Waals surface area contributed by atoms with Crippen molar-refractivity contribution in [2.75, 3.05) is 13.2 Å². The Morgan fingerprint density at radius 3 is 2.50 bits per heavy atom. The lowest BCUT2D eigenvalue weighted by Crippen LogP contribution is -2.11. The third kappa shape index (κ3) is 5.76. The summed E-state index contributed by atoms with van der Waals surface area (Å²) in [5, 5.41) is 0. The smallest absolute Gasteiger partial charge is 0.338 e. The van der Waals surface area contributed by atoms with Crippen LogP contribution in [0.4, 0.5) is 0 Å². The molecular formula is C19H26O3. The number of hydrogen-bond donors (Lipinski definition) is 0. The predicted molar refractivity (Wildman–Crippen MR) is 90.1 cm³/mol. The van der Waals surface area contributed by atoms with Crippen LogP contribution in [0.15, 0.2) is 42.2 Å². The van der Waals surface area contributed by atoms with Crippen molar-refractivity contribution in [1.82, 2.24) is 0 Å². The first-order valence-corrected chi connectivity index (χ1v) is 7.65. The average Bonchev–Trinajstić information content (AvgIpc) is 2.48. The molecule has 0 saturated heterocycles. The predicted octanol–water partition coefficient (Wildman–Crippen LogP) is 4.77. The largest absolute Gasteiger partial charge is 0.495 e. The van der Waals surface area contributed by atoms with E-state index in [2.05, 4.69) is 13.8 Å². The Kier molecular flexibility index (Phi) is 7.44. The summed E-state index contributed by atoms with van der Waals surface area (Å²) in [5.74, 6) is 0.939. The molecule has 0 bridgehead atoms. The molecule has 120 valence electrons. The molecule has 0 aliphatic rings. The summed E-state index contributed by atoms with van der Waals surface area (Å²) in [4.78, 5) is 12.0. The number of carbonyl (C=O) groups excluding carboxylic acids is 1. The van der Waals surface area contributed by atoms with Crippen LogP contribution in [0.1, 0.15) is 55.1 Å². The highest BCUT2D eigenvalue weighted by atomic mass is 16.6. The summed E-state index contributed by atoms with van der Waals surface area (Å²) in [6, 6.07) is 5.70. The van der Waals surface area contributed by atoms with E-state index in [1.54, 1.807) is 0 Å². The van der Waals surface area contributed by atoms with Crippen molar-refractivity contribution in [3.05, 3.63) is 58.9 Å². The topological polar surface area (TPSA) is 35.5 Å². The molecule has 1 rings (SSSR count). The molecule has 0 heterocycles. The van der Waals surface area contributed by atoms with Crippen LogP contribution in [-0.4, -0.2) is 19.2 Å². The van der Waals surface area contributed by atoms with Crippen LogP contribution in [0.25, 0.3) is 0 Å². The van der Waals surface area contributed by atoms with Crippen molar-refractivity contribution in [2.24, 2.45) is 0 Å². The zero-order valence-corrected chi connectivity index (χ0v) is 14.2. The Balaban J connectivity index is 2.48. The SMILES string of the molecule is C/C=C\C=C(/C)OCCOC(=O)c1ccc(C(C)C)c(C)c1. The normalized spacial score (nSPS) is 12.0. The fraction of sp³-hybridized carbons (Fsp3) is 0.421. The average molecular weight is 302 g/mol. The molecule has 0 atom stereocenters. The number of ether oxygens (including phenoxy) is 2. The van der Waals surface area contributed by atoms with Crippen LogP contribution in [0.3, 0.4) is 0 Å². The number of allylic oxidation sites excluding steroid dienone is 4. The van der Waals surface area contributed by atoms with Crippen molar-refractivity contribution in [2.45, 2.75) is 40.5 Å². The minimum Gasteiger partial charge on any atom is -0.495 e. The van der Waals surface area contributed by atoms with Gasteiger partial charge in [-0.2, -0.15) is 0 Å². The molecule has 0 spiro atoms. The van der Waals surface area contributed by atoms with E-state index in [1.165, 1.54) is 5.56 Å². The molecule has 0 fully saturated rings. The summed E-state index contributed by atoms with van der Waals surface area (Å²) in [7, 11) is 0. The fourth-order valence-corrected chi connectivity index (χ4v) is 2.15. The molecule has 0 saturated carbocycles. The zero-order chi connectivity index (χ0) is 16.5. The fourth-order valence-electron chi connectivity index (χ4n) is 2.15. The number of benzene rings is 1. The molecule has 1 aromatic rings. The minimum absolute atomic E-state index is 0.241. The number of aryl methyl sites for hydroxylation is 1. The molecule has 22 heavy (non-hydrogen) atoms. The lowest BCUT2D eigenvalue weighted by molar-refractivity contribution is 0.0401.